The molecule has 1 rings (SSSR count). The molecule has 0 saturated carbocycles. The van der Waals surface area contributed by atoms with Crippen molar-refractivity contribution in [2.24, 2.45) is 5.73 Å². The Morgan fingerprint density at radius 2 is 2.07 bits per heavy atom. The quantitative estimate of drug-likeness (QED) is 0.702. The Morgan fingerprint density at radius 3 is 2.67 bits per heavy atom. The fourth-order valence-corrected chi connectivity index (χ4v) is 1.61. The minimum absolute atomic E-state index is 0.0961. The van der Waals surface area contributed by atoms with E-state index in [9.17, 15) is 0 Å². The van der Waals surface area contributed by atoms with Crippen LogP contribution in [-0.2, 0) is 6.54 Å². The van der Waals surface area contributed by atoms with Crippen molar-refractivity contribution in [3.8, 4) is 0 Å². The van der Waals surface area contributed by atoms with E-state index in [1.807, 2.05) is 17.8 Å². The van der Waals surface area contributed by atoms with Crippen molar-refractivity contribution >= 4 is 0 Å². The first kappa shape index (κ1) is 12.2. The molecule has 1 unspecified atom stereocenters. The van der Waals surface area contributed by atoms with E-state index in [1.54, 1.807) is 0 Å². The zero-order valence-corrected chi connectivity index (χ0v) is 9.95. The Morgan fingerprint density at radius 1 is 1.33 bits per heavy atom. The summed E-state index contributed by atoms with van der Waals surface area (Å²) in [6, 6.07) is 0.0961. The van der Waals surface area contributed by atoms with Gasteiger partial charge in [-0.15, -0.1) is 0 Å². The second kappa shape index (κ2) is 6.62. The van der Waals surface area contributed by atoms with E-state index < -0.39 is 0 Å². The number of nitrogens with zero attached hydrogens (tertiary/aromatic N) is 2. The van der Waals surface area contributed by atoms with E-state index in [-0.39, 0.29) is 6.04 Å². The maximum atomic E-state index is 5.77. The lowest BCUT2D eigenvalue weighted by Gasteiger charge is -2.01. The molecule has 1 aromatic rings. The lowest BCUT2D eigenvalue weighted by molar-refractivity contribution is 0.532. The van der Waals surface area contributed by atoms with Crippen LogP contribution in [-0.4, -0.2) is 9.78 Å². The third-order valence-corrected chi connectivity index (χ3v) is 2.67. The van der Waals surface area contributed by atoms with Gasteiger partial charge >= 0.3 is 0 Å². The zero-order chi connectivity index (χ0) is 11.1. The van der Waals surface area contributed by atoms with Gasteiger partial charge in [-0.3, -0.25) is 4.68 Å². The van der Waals surface area contributed by atoms with Crippen LogP contribution in [0.4, 0.5) is 0 Å². The van der Waals surface area contributed by atoms with Crippen LogP contribution < -0.4 is 5.73 Å². The summed E-state index contributed by atoms with van der Waals surface area (Å²) in [6.45, 7) is 5.25. The molecule has 1 aromatic heterocycles. The number of hydrogen-bond donors (Lipinski definition) is 1. The van der Waals surface area contributed by atoms with Crippen molar-refractivity contribution in [3.63, 3.8) is 0 Å². The molecular formula is C12H23N3. The summed E-state index contributed by atoms with van der Waals surface area (Å²) < 4.78 is 2.00. The van der Waals surface area contributed by atoms with Crippen LogP contribution in [0, 0.1) is 0 Å². The fourth-order valence-electron chi connectivity index (χ4n) is 1.61. The molecule has 3 heteroatoms. The van der Waals surface area contributed by atoms with Crippen LogP contribution in [0.2, 0.25) is 0 Å². The molecule has 15 heavy (non-hydrogen) atoms. The lowest BCUT2D eigenvalue weighted by atomic mass is 10.1. The second-order valence-electron chi connectivity index (χ2n) is 4.24. The summed E-state index contributed by atoms with van der Waals surface area (Å²) in [7, 11) is 0. The van der Waals surface area contributed by atoms with E-state index in [4.69, 9.17) is 5.73 Å². The molecule has 0 fully saturated rings. The highest BCUT2D eigenvalue weighted by atomic mass is 15.3. The third-order valence-electron chi connectivity index (χ3n) is 2.67. The standard InChI is InChI=1S/C12H23N3/c1-3-4-5-6-7-8-15-10-12(9-14-15)11(2)13/h9-11H,3-8,13H2,1-2H3. The van der Waals surface area contributed by atoms with Crippen LogP contribution in [0.3, 0.4) is 0 Å². The summed E-state index contributed by atoms with van der Waals surface area (Å²) in [4.78, 5) is 0. The van der Waals surface area contributed by atoms with Gasteiger partial charge in [-0.25, -0.2) is 0 Å². The minimum atomic E-state index is 0.0961. The van der Waals surface area contributed by atoms with Gasteiger partial charge in [0.1, 0.15) is 0 Å². The molecule has 0 bridgehead atoms. The lowest BCUT2D eigenvalue weighted by Crippen LogP contribution is -2.03. The van der Waals surface area contributed by atoms with E-state index in [1.165, 1.54) is 32.1 Å². The molecule has 0 radical (unpaired) electrons. The highest BCUT2D eigenvalue weighted by molar-refractivity contribution is 5.07. The summed E-state index contributed by atoms with van der Waals surface area (Å²) in [6.07, 6.45) is 10.5. The molecule has 2 N–H and O–H groups in total. The monoisotopic (exact) mass is 209 g/mol. The fraction of sp³-hybridized carbons (Fsp3) is 0.750. The number of hydrogen-bond acceptors (Lipinski definition) is 2. The Labute approximate surface area is 92.7 Å². The first-order chi connectivity index (χ1) is 7.24. The highest BCUT2D eigenvalue weighted by Crippen LogP contribution is 2.09. The zero-order valence-electron chi connectivity index (χ0n) is 9.95. The molecule has 1 atom stereocenters. The van der Waals surface area contributed by atoms with Gasteiger partial charge < -0.3 is 5.73 Å². The van der Waals surface area contributed by atoms with E-state index in [0.717, 1.165) is 12.1 Å². The number of rotatable bonds is 7. The van der Waals surface area contributed by atoms with Crippen LogP contribution in [0.5, 0.6) is 0 Å². The molecule has 3 nitrogen and oxygen atoms in total. The normalized spacial score (nSPS) is 13.0. The molecular weight excluding hydrogens is 186 g/mol. The van der Waals surface area contributed by atoms with Crippen molar-refractivity contribution < 1.29 is 0 Å². The second-order valence-corrected chi connectivity index (χ2v) is 4.24. The summed E-state index contributed by atoms with van der Waals surface area (Å²) in [5.41, 5.74) is 6.90. The Kier molecular flexibility index (Phi) is 5.40. The highest BCUT2D eigenvalue weighted by Gasteiger charge is 2.02. The maximum absolute atomic E-state index is 5.77. The van der Waals surface area contributed by atoms with Crippen molar-refractivity contribution in [2.75, 3.05) is 0 Å². The van der Waals surface area contributed by atoms with Gasteiger partial charge in [0.15, 0.2) is 0 Å². The topological polar surface area (TPSA) is 43.8 Å². The molecule has 0 spiro atoms. The molecule has 0 aliphatic rings. The van der Waals surface area contributed by atoms with Crippen molar-refractivity contribution in [1.29, 1.82) is 0 Å². The summed E-state index contributed by atoms with van der Waals surface area (Å²) >= 11 is 0. The van der Waals surface area contributed by atoms with Gasteiger partial charge in [-0.1, -0.05) is 32.6 Å². The predicted octanol–water partition coefficient (Wildman–Crippen LogP) is 2.87. The van der Waals surface area contributed by atoms with E-state index in [0.29, 0.717) is 0 Å². The minimum Gasteiger partial charge on any atom is -0.324 e. The van der Waals surface area contributed by atoms with E-state index >= 15 is 0 Å². The number of nitrogens with two attached hydrogens (primary N) is 1. The number of aryl methyl sites for hydroxylation is 1. The SMILES string of the molecule is CCCCCCCn1cc(C(C)N)cn1. The smallest absolute Gasteiger partial charge is 0.0537 e. The largest absolute Gasteiger partial charge is 0.324 e. The van der Waals surface area contributed by atoms with Crippen LogP contribution >= 0.6 is 0 Å². The Hall–Kier alpha value is -0.830. The van der Waals surface area contributed by atoms with Crippen LogP contribution in [0.15, 0.2) is 12.4 Å². The average molecular weight is 209 g/mol. The predicted molar refractivity (Wildman–Crippen MR) is 63.6 cm³/mol. The summed E-state index contributed by atoms with van der Waals surface area (Å²) in [5, 5.41) is 4.29. The Bertz CT molecular complexity index is 266. The molecule has 0 aliphatic carbocycles. The molecule has 0 aliphatic heterocycles. The van der Waals surface area contributed by atoms with E-state index in [2.05, 4.69) is 18.2 Å². The first-order valence-corrected chi connectivity index (χ1v) is 6.02. The van der Waals surface area contributed by atoms with Crippen LogP contribution in [0.25, 0.3) is 0 Å². The first-order valence-electron chi connectivity index (χ1n) is 6.02. The maximum Gasteiger partial charge on any atom is 0.0537 e. The molecule has 0 aromatic carbocycles. The number of unbranched alkanes of at least 4 members (excludes halogenated alkanes) is 4. The average Bonchev–Trinajstić information content (AvgIpc) is 2.66. The molecule has 0 saturated heterocycles. The molecule has 0 amide bonds. The van der Waals surface area contributed by atoms with Gasteiger partial charge in [0.25, 0.3) is 0 Å². The van der Waals surface area contributed by atoms with Crippen molar-refractivity contribution in [2.45, 2.75) is 58.5 Å². The molecule has 1 heterocycles. The summed E-state index contributed by atoms with van der Waals surface area (Å²) in [5.74, 6) is 0. The van der Waals surface area contributed by atoms with Gasteiger partial charge in [0, 0.05) is 24.3 Å². The van der Waals surface area contributed by atoms with Crippen molar-refractivity contribution in [1.82, 2.24) is 9.78 Å². The van der Waals surface area contributed by atoms with Gasteiger partial charge in [0.2, 0.25) is 0 Å². The Balaban J connectivity index is 2.20. The van der Waals surface area contributed by atoms with Crippen LogP contribution in [0.1, 0.15) is 57.6 Å². The van der Waals surface area contributed by atoms with Crippen molar-refractivity contribution in [3.05, 3.63) is 18.0 Å². The number of aromatic nitrogens is 2. The van der Waals surface area contributed by atoms with Gasteiger partial charge in [-0.05, 0) is 13.3 Å². The molecule has 86 valence electrons. The third kappa shape index (κ3) is 4.47. The van der Waals surface area contributed by atoms with Gasteiger partial charge in [-0.2, -0.15) is 5.10 Å². The van der Waals surface area contributed by atoms with Gasteiger partial charge in [0.05, 0.1) is 6.20 Å².